The van der Waals surface area contributed by atoms with E-state index in [0.29, 0.717) is 48.0 Å². The predicted octanol–water partition coefficient (Wildman–Crippen LogP) is 3.00. The number of carbonyl (C=O) groups excluding carboxylic acids is 2. The standard InChI is InChI=1S/C30H36N8O3.ClH/c1-37(2)29-33-16-22(17-34-29)21-5-3-4-19(12-21)13-24(32)28(40)38(27(39)20-8-6-18(15-31)7-9-20)23-10-11-25-26(14-23)36-30(41)35-25;/h3-5,10-12,14,16-18,20,24H,6-9,13,15,31-32H2,1-2H3,(H2,35,36,41);1H/t18-,20-,24-;/m0./s1. The minimum atomic E-state index is -0.970. The minimum Gasteiger partial charge on any atom is -0.347 e. The maximum atomic E-state index is 13.9. The number of nitrogens with one attached hydrogen (secondary N) is 2. The molecule has 0 spiro atoms. The first-order chi connectivity index (χ1) is 19.7. The van der Waals surface area contributed by atoms with E-state index in [1.165, 1.54) is 4.90 Å². The number of anilines is 2. The Morgan fingerprint density at radius 2 is 1.67 bits per heavy atom. The van der Waals surface area contributed by atoms with Crippen molar-refractivity contribution in [2.75, 3.05) is 30.4 Å². The smallest absolute Gasteiger partial charge is 0.323 e. The molecular weight excluding hydrogens is 556 g/mol. The number of fused-ring (bicyclic) bond motifs is 1. The zero-order valence-electron chi connectivity index (χ0n) is 23.7. The molecule has 2 amide bonds. The first kappa shape index (κ1) is 30.9. The summed E-state index contributed by atoms with van der Waals surface area (Å²) in [4.78, 5) is 56.8. The van der Waals surface area contributed by atoms with E-state index in [4.69, 9.17) is 11.5 Å². The number of imide groups is 1. The molecule has 2 aromatic carbocycles. The summed E-state index contributed by atoms with van der Waals surface area (Å²) in [7, 11) is 3.76. The number of nitrogens with zero attached hydrogens (tertiary/aromatic N) is 4. The van der Waals surface area contributed by atoms with Crippen LogP contribution >= 0.6 is 12.4 Å². The highest BCUT2D eigenvalue weighted by Crippen LogP contribution is 2.32. The van der Waals surface area contributed by atoms with Crippen molar-refractivity contribution < 1.29 is 9.59 Å². The average Bonchev–Trinajstić information content (AvgIpc) is 3.36. The van der Waals surface area contributed by atoms with Gasteiger partial charge < -0.3 is 26.3 Å². The molecule has 11 nitrogen and oxygen atoms in total. The Morgan fingerprint density at radius 1 is 0.976 bits per heavy atom. The Labute approximate surface area is 250 Å². The number of hydrogen-bond acceptors (Lipinski definition) is 8. The summed E-state index contributed by atoms with van der Waals surface area (Å²) >= 11 is 0. The molecule has 1 aliphatic rings. The molecule has 1 atom stereocenters. The van der Waals surface area contributed by atoms with Crippen molar-refractivity contribution in [1.29, 1.82) is 0 Å². The first-order valence-corrected chi connectivity index (χ1v) is 13.9. The number of nitrogens with two attached hydrogens (primary N) is 2. The van der Waals surface area contributed by atoms with Crippen LogP contribution in [-0.4, -0.2) is 58.4 Å². The van der Waals surface area contributed by atoms with Crippen molar-refractivity contribution >= 4 is 46.9 Å². The molecule has 222 valence electrons. The fourth-order valence-electron chi connectivity index (χ4n) is 5.44. The van der Waals surface area contributed by atoms with Crippen molar-refractivity contribution in [1.82, 2.24) is 19.9 Å². The van der Waals surface area contributed by atoms with Crippen LogP contribution in [0.1, 0.15) is 31.2 Å². The van der Waals surface area contributed by atoms with Gasteiger partial charge in [0, 0.05) is 38.0 Å². The van der Waals surface area contributed by atoms with Crippen LogP contribution in [0.25, 0.3) is 22.2 Å². The summed E-state index contributed by atoms with van der Waals surface area (Å²) in [6, 6.07) is 11.7. The van der Waals surface area contributed by atoms with Crippen LogP contribution in [0.3, 0.4) is 0 Å². The maximum Gasteiger partial charge on any atom is 0.323 e. The maximum absolute atomic E-state index is 13.9. The second kappa shape index (κ2) is 13.3. The van der Waals surface area contributed by atoms with E-state index in [9.17, 15) is 14.4 Å². The molecule has 12 heteroatoms. The van der Waals surface area contributed by atoms with Crippen molar-refractivity contribution in [2.45, 2.75) is 38.1 Å². The van der Waals surface area contributed by atoms with Gasteiger partial charge in [-0.25, -0.2) is 19.7 Å². The summed E-state index contributed by atoms with van der Waals surface area (Å²) in [5, 5.41) is 0. The molecule has 42 heavy (non-hydrogen) atoms. The second-order valence-corrected chi connectivity index (χ2v) is 11.0. The van der Waals surface area contributed by atoms with E-state index in [1.54, 1.807) is 30.6 Å². The van der Waals surface area contributed by atoms with Crippen molar-refractivity contribution in [3.05, 3.63) is 70.9 Å². The number of hydrogen-bond donors (Lipinski definition) is 4. The molecule has 0 radical (unpaired) electrons. The normalized spacial score (nSPS) is 17.3. The molecule has 4 aromatic rings. The third-order valence-corrected chi connectivity index (χ3v) is 7.80. The fourth-order valence-corrected chi connectivity index (χ4v) is 5.44. The second-order valence-electron chi connectivity index (χ2n) is 11.0. The number of aromatic nitrogens is 4. The van der Waals surface area contributed by atoms with E-state index < -0.39 is 11.9 Å². The molecule has 2 heterocycles. The van der Waals surface area contributed by atoms with Gasteiger partial charge in [-0.3, -0.25) is 9.59 Å². The number of aromatic amines is 2. The van der Waals surface area contributed by atoms with Gasteiger partial charge in [0.2, 0.25) is 11.9 Å². The Kier molecular flexibility index (Phi) is 9.77. The lowest BCUT2D eigenvalue weighted by Crippen LogP contribution is -2.50. The molecular formula is C30H37ClN8O3. The lowest BCUT2D eigenvalue weighted by atomic mass is 9.81. The SMILES string of the molecule is CN(C)c1ncc(-c2cccc(C[C@H](N)C(=O)N(c3ccc4[nH]c(=O)[nH]c4c3)C(=O)[C@H]3CC[C@H](CN)CC3)c2)cn1.Cl. The zero-order chi connectivity index (χ0) is 29.1. The molecule has 1 saturated carbocycles. The van der Waals surface area contributed by atoms with Gasteiger partial charge in [-0.1, -0.05) is 24.3 Å². The molecule has 0 unspecified atom stereocenters. The van der Waals surface area contributed by atoms with Gasteiger partial charge in [0.25, 0.3) is 5.91 Å². The van der Waals surface area contributed by atoms with E-state index in [0.717, 1.165) is 29.5 Å². The summed E-state index contributed by atoms with van der Waals surface area (Å²) in [6.45, 7) is 0.594. The number of benzene rings is 2. The van der Waals surface area contributed by atoms with Gasteiger partial charge in [-0.05, 0) is 73.9 Å². The van der Waals surface area contributed by atoms with Gasteiger partial charge in [-0.2, -0.15) is 0 Å². The van der Waals surface area contributed by atoms with Crippen molar-refractivity contribution in [2.24, 2.45) is 23.3 Å². The van der Waals surface area contributed by atoms with Gasteiger partial charge in [0.15, 0.2) is 0 Å². The highest BCUT2D eigenvalue weighted by molar-refractivity contribution is 6.17. The highest BCUT2D eigenvalue weighted by Gasteiger charge is 2.35. The van der Waals surface area contributed by atoms with Crippen LogP contribution < -0.4 is 27.0 Å². The van der Waals surface area contributed by atoms with Crippen LogP contribution in [0.5, 0.6) is 0 Å². The Balaban J connectivity index is 0.00000405. The number of imidazole rings is 1. The fraction of sp³-hybridized carbons (Fsp3) is 0.367. The summed E-state index contributed by atoms with van der Waals surface area (Å²) in [5.74, 6) is -0.0603. The summed E-state index contributed by atoms with van der Waals surface area (Å²) in [6.07, 6.45) is 6.77. The molecule has 1 aliphatic carbocycles. The third kappa shape index (κ3) is 6.70. The monoisotopic (exact) mass is 592 g/mol. The van der Waals surface area contributed by atoms with Crippen LogP contribution in [-0.2, 0) is 16.0 Å². The lowest BCUT2D eigenvalue weighted by molar-refractivity contribution is -0.130. The zero-order valence-corrected chi connectivity index (χ0v) is 24.6. The van der Waals surface area contributed by atoms with E-state index in [-0.39, 0.29) is 36.3 Å². The Bertz CT molecular complexity index is 1590. The Hall–Kier alpha value is -4.06. The highest BCUT2D eigenvalue weighted by atomic mass is 35.5. The molecule has 0 aliphatic heterocycles. The molecule has 6 N–H and O–H groups in total. The van der Waals surface area contributed by atoms with E-state index >= 15 is 0 Å². The number of amides is 2. The number of H-pyrrole nitrogens is 2. The average molecular weight is 593 g/mol. The van der Waals surface area contributed by atoms with Crippen LogP contribution in [0, 0.1) is 11.8 Å². The number of rotatable bonds is 8. The first-order valence-electron chi connectivity index (χ1n) is 13.9. The molecule has 0 bridgehead atoms. The summed E-state index contributed by atoms with van der Waals surface area (Å²) in [5.41, 5.74) is 16.1. The topological polar surface area (TPSA) is 167 Å². The molecule has 2 aromatic heterocycles. The van der Waals surface area contributed by atoms with Gasteiger partial charge >= 0.3 is 5.69 Å². The lowest BCUT2D eigenvalue weighted by Gasteiger charge is -2.32. The molecule has 5 rings (SSSR count). The minimum absolute atomic E-state index is 0. The molecule has 0 saturated heterocycles. The van der Waals surface area contributed by atoms with Gasteiger partial charge in [0.05, 0.1) is 22.8 Å². The van der Waals surface area contributed by atoms with Crippen LogP contribution in [0.15, 0.2) is 59.7 Å². The van der Waals surface area contributed by atoms with Gasteiger partial charge in [0.1, 0.15) is 0 Å². The van der Waals surface area contributed by atoms with E-state index in [1.807, 2.05) is 43.3 Å². The van der Waals surface area contributed by atoms with Crippen LogP contribution in [0.2, 0.25) is 0 Å². The molecule has 1 fully saturated rings. The predicted molar refractivity (Wildman–Crippen MR) is 167 cm³/mol. The van der Waals surface area contributed by atoms with E-state index in [2.05, 4.69) is 19.9 Å². The quantitative estimate of drug-likeness (QED) is 0.242. The van der Waals surface area contributed by atoms with Crippen molar-refractivity contribution in [3.63, 3.8) is 0 Å². The van der Waals surface area contributed by atoms with Crippen molar-refractivity contribution in [3.8, 4) is 11.1 Å². The third-order valence-electron chi connectivity index (χ3n) is 7.80. The van der Waals surface area contributed by atoms with Crippen LogP contribution in [0.4, 0.5) is 11.6 Å². The van der Waals surface area contributed by atoms with Gasteiger partial charge in [-0.15, -0.1) is 12.4 Å². The Morgan fingerprint density at radius 3 is 2.33 bits per heavy atom. The number of halogens is 1. The summed E-state index contributed by atoms with van der Waals surface area (Å²) < 4.78 is 0. The number of carbonyl (C=O) groups is 2. The largest absolute Gasteiger partial charge is 0.347 e.